The van der Waals surface area contributed by atoms with Crippen LogP contribution in [0.3, 0.4) is 0 Å². The molecule has 0 spiro atoms. The van der Waals surface area contributed by atoms with Gasteiger partial charge < -0.3 is 10.2 Å². The highest BCUT2D eigenvalue weighted by Crippen LogP contribution is 2.11. The summed E-state index contributed by atoms with van der Waals surface area (Å²) in [4.78, 5) is 19.9. The highest BCUT2D eigenvalue weighted by molar-refractivity contribution is 5.87. The van der Waals surface area contributed by atoms with E-state index in [1.165, 1.54) is 12.1 Å². The number of rotatable bonds is 2. The Kier molecular flexibility index (Phi) is 5.57. The van der Waals surface area contributed by atoms with Gasteiger partial charge in [0, 0.05) is 12.1 Å². The number of carboxylic acid groups (broad SMARTS) is 1. The molecule has 0 radical (unpaired) electrons. The van der Waals surface area contributed by atoms with Crippen LogP contribution in [-0.4, -0.2) is 28.0 Å². The van der Waals surface area contributed by atoms with Gasteiger partial charge in [-0.3, -0.25) is 10.1 Å². The van der Waals surface area contributed by atoms with Gasteiger partial charge in [-0.25, -0.2) is 9.18 Å². The predicted molar refractivity (Wildman–Crippen MR) is 48.2 cm³/mol. The van der Waals surface area contributed by atoms with Crippen molar-refractivity contribution in [2.45, 2.75) is 0 Å². The van der Waals surface area contributed by atoms with E-state index in [-0.39, 0.29) is 11.3 Å². The Morgan fingerprint density at radius 1 is 1.40 bits per heavy atom. The average Bonchev–Trinajstić information content (AvgIpc) is 2.19. The lowest BCUT2D eigenvalue weighted by molar-refractivity contribution is -0.384. The first-order chi connectivity index (χ1) is 7.02. The Balaban J connectivity index is 0.000000583. The zero-order valence-electron chi connectivity index (χ0n) is 7.46. The Labute approximate surface area is 83.7 Å². The molecule has 2 N–H and O–H groups in total. The van der Waals surface area contributed by atoms with Crippen LogP contribution in [0.2, 0.25) is 0 Å². The number of carboxylic acids is 1. The third-order valence-electron chi connectivity index (χ3n) is 1.33. The van der Waals surface area contributed by atoms with E-state index in [1.54, 1.807) is 0 Å². The molecule has 0 aliphatic rings. The monoisotopic (exact) mass is 217 g/mol. The molecular weight excluding hydrogens is 209 g/mol. The first-order valence-electron chi connectivity index (χ1n) is 3.67. The van der Waals surface area contributed by atoms with E-state index >= 15 is 0 Å². The number of hydrogen-bond donors (Lipinski definition) is 2. The number of aliphatic hydroxyl groups is 1. The van der Waals surface area contributed by atoms with E-state index in [1.807, 2.05) is 0 Å². The normalized spacial score (nSPS) is 8.67. The van der Waals surface area contributed by atoms with Crippen molar-refractivity contribution in [2.24, 2.45) is 0 Å². The second-order valence-corrected chi connectivity index (χ2v) is 2.23. The topological polar surface area (TPSA) is 101 Å². The van der Waals surface area contributed by atoms with Crippen LogP contribution in [0.25, 0.3) is 0 Å². The van der Waals surface area contributed by atoms with Crippen molar-refractivity contribution in [1.29, 1.82) is 0 Å². The van der Waals surface area contributed by atoms with Crippen molar-refractivity contribution < 1.29 is 24.3 Å². The fraction of sp³-hybridized carbons (Fsp3) is 0.125. The van der Waals surface area contributed by atoms with Gasteiger partial charge in [0.1, 0.15) is 0 Å². The van der Waals surface area contributed by atoms with E-state index in [0.717, 1.165) is 12.1 Å². The summed E-state index contributed by atoms with van der Waals surface area (Å²) in [5.74, 6) is -1.09. The van der Waals surface area contributed by atoms with Crippen molar-refractivity contribution in [2.75, 3.05) is 6.86 Å². The maximum absolute atomic E-state index is 10.3. The molecule has 82 valence electrons. The first-order valence-corrected chi connectivity index (χ1v) is 3.67. The fourth-order valence-electron chi connectivity index (χ4n) is 0.726. The number of hydrogen-bond acceptors (Lipinski definition) is 4. The molecule has 0 saturated carbocycles. The summed E-state index contributed by atoms with van der Waals surface area (Å²) < 4.78 is 9.85. The van der Waals surface area contributed by atoms with Crippen molar-refractivity contribution in [3.8, 4) is 0 Å². The predicted octanol–water partition coefficient (Wildman–Crippen LogP) is 1.20. The molecule has 0 heterocycles. The van der Waals surface area contributed by atoms with Gasteiger partial charge >= 0.3 is 5.97 Å². The van der Waals surface area contributed by atoms with E-state index in [4.69, 9.17) is 10.2 Å². The van der Waals surface area contributed by atoms with Crippen LogP contribution in [0.15, 0.2) is 24.3 Å². The summed E-state index contributed by atoms with van der Waals surface area (Å²) in [7, 11) is 0. The molecule has 0 unspecified atom stereocenters. The molecule has 1 rings (SSSR count). The SMILES string of the molecule is O=C(O)c1ccc([N+](=O)[O-])cc1.OCF. The van der Waals surface area contributed by atoms with E-state index < -0.39 is 17.8 Å². The molecule has 0 aliphatic carbocycles. The van der Waals surface area contributed by atoms with Crippen molar-refractivity contribution in [1.82, 2.24) is 0 Å². The molecule has 0 saturated heterocycles. The first kappa shape index (κ1) is 13.0. The maximum Gasteiger partial charge on any atom is 0.335 e. The smallest absolute Gasteiger partial charge is 0.335 e. The molecule has 0 amide bonds. The summed E-state index contributed by atoms with van der Waals surface area (Å²) in [6, 6.07) is 4.70. The third kappa shape index (κ3) is 4.67. The van der Waals surface area contributed by atoms with Gasteiger partial charge in [-0.1, -0.05) is 0 Å². The quantitative estimate of drug-likeness (QED) is 0.572. The molecule has 7 heteroatoms. The lowest BCUT2D eigenvalue weighted by atomic mass is 10.2. The van der Waals surface area contributed by atoms with Gasteiger partial charge in [-0.05, 0) is 12.1 Å². The number of non-ortho nitro benzene ring substituents is 1. The summed E-state index contributed by atoms with van der Waals surface area (Å²) >= 11 is 0. The maximum atomic E-state index is 10.3. The van der Waals surface area contributed by atoms with E-state index in [0.29, 0.717) is 0 Å². The van der Waals surface area contributed by atoms with Crippen LogP contribution >= 0.6 is 0 Å². The van der Waals surface area contributed by atoms with Crippen LogP contribution in [0.5, 0.6) is 0 Å². The molecular formula is C8H8FNO5. The van der Waals surface area contributed by atoms with Crippen LogP contribution in [0.4, 0.5) is 10.1 Å². The summed E-state index contributed by atoms with van der Waals surface area (Å²) in [6.07, 6.45) is 0. The van der Waals surface area contributed by atoms with Gasteiger partial charge in [0.2, 0.25) is 0 Å². The summed E-state index contributed by atoms with van der Waals surface area (Å²) in [6.45, 7) is -1.25. The van der Waals surface area contributed by atoms with Crippen molar-refractivity contribution in [3.05, 3.63) is 39.9 Å². The van der Waals surface area contributed by atoms with E-state index in [2.05, 4.69) is 0 Å². The van der Waals surface area contributed by atoms with Gasteiger partial charge in [0.05, 0.1) is 10.5 Å². The zero-order chi connectivity index (χ0) is 11.8. The Morgan fingerprint density at radius 2 is 1.80 bits per heavy atom. The standard InChI is InChI=1S/C7H5NO4.CH3FO/c9-7(10)5-1-3-6(4-2-5)8(11)12;2-1-3/h1-4H,(H,9,10);3H,1H2. The number of aromatic carboxylic acids is 1. The number of alkyl halides is 1. The molecule has 6 nitrogen and oxygen atoms in total. The Morgan fingerprint density at radius 3 is 2.07 bits per heavy atom. The minimum atomic E-state index is -1.25. The van der Waals surface area contributed by atoms with Crippen LogP contribution in [0, 0.1) is 10.1 Å². The number of halogens is 1. The van der Waals surface area contributed by atoms with Crippen LogP contribution < -0.4 is 0 Å². The lowest BCUT2D eigenvalue weighted by Gasteiger charge is -1.92. The van der Waals surface area contributed by atoms with E-state index in [9.17, 15) is 19.3 Å². The molecule has 15 heavy (non-hydrogen) atoms. The molecule has 1 aromatic rings. The average molecular weight is 217 g/mol. The number of aliphatic hydroxyl groups excluding tert-OH is 1. The second-order valence-electron chi connectivity index (χ2n) is 2.23. The molecule has 0 atom stereocenters. The van der Waals surface area contributed by atoms with Crippen LogP contribution in [-0.2, 0) is 0 Å². The molecule has 1 aromatic carbocycles. The Bertz CT molecular complexity index is 304. The minimum Gasteiger partial charge on any atom is -0.478 e. The minimum absolute atomic E-state index is 0.0422. The number of nitro benzene ring substituents is 1. The number of nitrogens with zero attached hydrogens (tertiary/aromatic N) is 1. The van der Waals surface area contributed by atoms with Gasteiger partial charge in [0.15, 0.2) is 6.86 Å². The molecule has 0 aromatic heterocycles. The molecule has 0 aliphatic heterocycles. The summed E-state index contributed by atoms with van der Waals surface area (Å²) in [5.41, 5.74) is -0.0689. The van der Waals surface area contributed by atoms with Gasteiger partial charge in [-0.15, -0.1) is 0 Å². The number of carbonyl (C=O) groups is 1. The molecule has 0 bridgehead atoms. The fourth-order valence-corrected chi connectivity index (χ4v) is 0.726. The largest absolute Gasteiger partial charge is 0.478 e. The lowest BCUT2D eigenvalue weighted by Crippen LogP contribution is -1.96. The van der Waals surface area contributed by atoms with Crippen molar-refractivity contribution in [3.63, 3.8) is 0 Å². The number of benzene rings is 1. The molecule has 0 fully saturated rings. The van der Waals surface area contributed by atoms with Gasteiger partial charge in [-0.2, -0.15) is 0 Å². The highest BCUT2D eigenvalue weighted by Gasteiger charge is 2.06. The third-order valence-corrected chi connectivity index (χ3v) is 1.33. The highest BCUT2D eigenvalue weighted by atomic mass is 19.1. The number of nitro groups is 1. The Hall–Kier alpha value is -2.02. The van der Waals surface area contributed by atoms with Crippen LogP contribution in [0.1, 0.15) is 10.4 Å². The summed E-state index contributed by atoms with van der Waals surface area (Å²) in [5, 5.41) is 25.5. The second kappa shape index (κ2) is 6.44. The van der Waals surface area contributed by atoms with Crippen molar-refractivity contribution >= 4 is 11.7 Å². The van der Waals surface area contributed by atoms with Gasteiger partial charge in [0.25, 0.3) is 5.69 Å². The zero-order valence-corrected chi connectivity index (χ0v) is 7.46.